The molecule has 2 rings (SSSR count). The van der Waals surface area contributed by atoms with Crippen molar-refractivity contribution in [1.29, 1.82) is 0 Å². The maximum Gasteiger partial charge on any atom is 0.0458 e. The van der Waals surface area contributed by atoms with E-state index < -0.39 is 0 Å². The molecule has 1 aromatic carbocycles. The van der Waals surface area contributed by atoms with E-state index in [0.29, 0.717) is 0 Å². The van der Waals surface area contributed by atoms with Gasteiger partial charge in [-0.15, -0.1) is 0 Å². The maximum atomic E-state index is 6.42. The molecule has 1 aliphatic carbocycles. The molecule has 1 aliphatic rings. The lowest BCUT2D eigenvalue weighted by Crippen LogP contribution is -2.48. The quantitative estimate of drug-likeness (QED) is 0.775. The summed E-state index contributed by atoms with van der Waals surface area (Å²) in [4.78, 5) is 0. The average molecular weight is 300 g/mol. The predicted octanol–water partition coefficient (Wildman–Crippen LogP) is 5.05. The second kappa shape index (κ2) is 6.47. The minimum atomic E-state index is 0.220. The van der Waals surface area contributed by atoms with Crippen LogP contribution in [0.5, 0.6) is 0 Å². The maximum absolute atomic E-state index is 6.42. The molecular formula is C16H23Cl2N. The number of rotatable bonds is 6. The molecule has 0 saturated heterocycles. The molecule has 1 aromatic rings. The SMILES string of the molecule is CCCC1CC(CNCC)(c2ccc(Cl)cc2Cl)C1. The Morgan fingerprint density at radius 1 is 1.26 bits per heavy atom. The standard InChI is InChI=1S/C16H23Cl2N/c1-3-5-12-9-16(10-12,11-19-4-2)14-7-6-13(17)8-15(14)18/h6-8,12,19H,3-5,9-11H2,1-2H3. The van der Waals surface area contributed by atoms with E-state index in [1.807, 2.05) is 12.1 Å². The highest BCUT2D eigenvalue weighted by atomic mass is 35.5. The van der Waals surface area contributed by atoms with Gasteiger partial charge < -0.3 is 5.32 Å². The lowest BCUT2D eigenvalue weighted by atomic mass is 9.57. The molecule has 3 heteroatoms. The topological polar surface area (TPSA) is 12.0 Å². The normalized spacial score (nSPS) is 26.2. The Kier molecular flexibility index (Phi) is 5.16. The Morgan fingerprint density at radius 2 is 2.00 bits per heavy atom. The number of nitrogens with one attached hydrogen (secondary N) is 1. The predicted molar refractivity (Wildman–Crippen MR) is 84.3 cm³/mol. The van der Waals surface area contributed by atoms with Gasteiger partial charge in [-0.2, -0.15) is 0 Å². The zero-order valence-corrected chi connectivity index (χ0v) is 13.3. The van der Waals surface area contributed by atoms with Crippen molar-refractivity contribution in [2.45, 2.75) is 44.9 Å². The molecule has 1 nitrogen and oxygen atoms in total. The molecule has 106 valence electrons. The van der Waals surface area contributed by atoms with Crippen molar-refractivity contribution in [3.63, 3.8) is 0 Å². The van der Waals surface area contributed by atoms with Crippen LogP contribution in [0.25, 0.3) is 0 Å². The summed E-state index contributed by atoms with van der Waals surface area (Å²) in [6.07, 6.45) is 5.10. The van der Waals surface area contributed by atoms with Gasteiger partial charge in [0.15, 0.2) is 0 Å². The summed E-state index contributed by atoms with van der Waals surface area (Å²) in [6, 6.07) is 5.95. The highest BCUT2D eigenvalue weighted by molar-refractivity contribution is 6.35. The third-order valence-corrected chi connectivity index (χ3v) is 4.82. The summed E-state index contributed by atoms with van der Waals surface area (Å²) >= 11 is 12.4. The van der Waals surface area contributed by atoms with Crippen molar-refractivity contribution in [3.8, 4) is 0 Å². The number of benzene rings is 1. The molecular weight excluding hydrogens is 277 g/mol. The summed E-state index contributed by atoms with van der Waals surface area (Å²) in [5.74, 6) is 0.857. The Bertz CT molecular complexity index is 425. The van der Waals surface area contributed by atoms with Crippen LogP contribution in [0.2, 0.25) is 10.0 Å². The summed E-state index contributed by atoms with van der Waals surface area (Å²) < 4.78 is 0. The fraction of sp³-hybridized carbons (Fsp3) is 0.625. The molecule has 0 heterocycles. The number of likely N-dealkylation sites (N-methyl/N-ethyl adjacent to an activating group) is 1. The highest BCUT2D eigenvalue weighted by Crippen LogP contribution is 2.51. The van der Waals surface area contributed by atoms with Gasteiger partial charge in [-0.3, -0.25) is 0 Å². The second-order valence-corrected chi connectivity index (χ2v) is 6.59. The van der Waals surface area contributed by atoms with Gasteiger partial charge in [-0.1, -0.05) is 56.0 Å². The molecule has 0 aromatic heterocycles. The van der Waals surface area contributed by atoms with Crippen LogP contribution in [0, 0.1) is 5.92 Å². The largest absolute Gasteiger partial charge is 0.316 e. The summed E-state index contributed by atoms with van der Waals surface area (Å²) in [5, 5.41) is 5.04. The first-order chi connectivity index (χ1) is 9.11. The van der Waals surface area contributed by atoms with Crippen LogP contribution < -0.4 is 5.32 Å². The van der Waals surface area contributed by atoms with E-state index in [9.17, 15) is 0 Å². The Morgan fingerprint density at radius 3 is 2.58 bits per heavy atom. The van der Waals surface area contributed by atoms with Crippen LogP contribution in [0.15, 0.2) is 18.2 Å². The van der Waals surface area contributed by atoms with E-state index in [1.54, 1.807) is 0 Å². The van der Waals surface area contributed by atoms with E-state index in [4.69, 9.17) is 23.2 Å². The third kappa shape index (κ3) is 3.26. The van der Waals surface area contributed by atoms with E-state index >= 15 is 0 Å². The van der Waals surface area contributed by atoms with Crippen LogP contribution >= 0.6 is 23.2 Å². The zero-order valence-electron chi connectivity index (χ0n) is 11.8. The van der Waals surface area contributed by atoms with Crippen molar-refractivity contribution in [3.05, 3.63) is 33.8 Å². The first-order valence-corrected chi connectivity index (χ1v) is 8.03. The molecule has 0 bridgehead atoms. The summed E-state index contributed by atoms with van der Waals surface area (Å²) in [6.45, 7) is 6.44. The lowest BCUT2D eigenvalue weighted by molar-refractivity contribution is 0.129. The van der Waals surface area contributed by atoms with Gasteiger partial charge in [-0.05, 0) is 43.0 Å². The van der Waals surface area contributed by atoms with Gasteiger partial charge in [-0.25, -0.2) is 0 Å². The smallest absolute Gasteiger partial charge is 0.0458 e. The second-order valence-electron chi connectivity index (χ2n) is 5.75. The molecule has 0 unspecified atom stereocenters. The van der Waals surface area contributed by atoms with Crippen molar-refractivity contribution in [2.24, 2.45) is 5.92 Å². The average Bonchev–Trinajstić information content (AvgIpc) is 2.33. The number of hydrogen-bond acceptors (Lipinski definition) is 1. The molecule has 1 saturated carbocycles. The van der Waals surface area contributed by atoms with Crippen molar-refractivity contribution < 1.29 is 0 Å². The van der Waals surface area contributed by atoms with Crippen LogP contribution in [0.3, 0.4) is 0 Å². The van der Waals surface area contributed by atoms with Gasteiger partial charge in [0.05, 0.1) is 0 Å². The fourth-order valence-electron chi connectivity index (χ4n) is 3.40. The number of hydrogen-bond donors (Lipinski definition) is 1. The lowest BCUT2D eigenvalue weighted by Gasteiger charge is -2.49. The first-order valence-electron chi connectivity index (χ1n) is 7.27. The van der Waals surface area contributed by atoms with Gasteiger partial charge >= 0.3 is 0 Å². The summed E-state index contributed by atoms with van der Waals surface area (Å²) in [5.41, 5.74) is 1.49. The van der Waals surface area contributed by atoms with Crippen LogP contribution in [-0.2, 0) is 5.41 Å². The Balaban J connectivity index is 2.19. The van der Waals surface area contributed by atoms with Gasteiger partial charge in [0, 0.05) is 22.0 Å². The summed E-state index contributed by atoms with van der Waals surface area (Å²) in [7, 11) is 0. The van der Waals surface area contributed by atoms with Crippen LogP contribution in [0.4, 0.5) is 0 Å². The van der Waals surface area contributed by atoms with E-state index in [2.05, 4.69) is 25.2 Å². The fourth-order valence-corrected chi connectivity index (χ4v) is 4.01. The highest BCUT2D eigenvalue weighted by Gasteiger charge is 2.45. The monoisotopic (exact) mass is 299 g/mol. The Labute approximate surface area is 126 Å². The molecule has 1 N–H and O–H groups in total. The van der Waals surface area contributed by atoms with Gasteiger partial charge in [0.1, 0.15) is 0 Å². The third-order valence-electron chi connectivity index (χ3n) is 4.27. The molecule has 0 radical (unpaired) electrons. The Hall–Kier alpha value is -0.240. The number of halogens is 2. The van der Waals surface area contributed by atoms with Crippen LogP contribution in [0.1, 0.15) is 45.1 Å². The molecule has 0 amide bonds. The molecule has 19 heavy (non-hydrogen) atoms. The minimum absolute atomic E-state index is 0.220. The van der Waals surface area contributed by atoms with E-state index in [0.717, 1.165) is 29.1 Å². The van der Waals surface area contributed by atoms with E-state index in [-0.39, 0.29) is 5.41 Å². The minimum Gasteiger partial charge on any atom is -0.316 e. The van der Waals surface area contributed by atoms with Crippen LogP contribution in [-0.4, -0.2) is 13.1 Å². The van der Waals surface area contributed by atoms with Crippen molar-refractivity contribution in [1.82, 2.24) is 5.32 Å². The zero-order chi connectivity index (χ0) is 13.9. The molecule has 0 atom stereocenters. The van der Waals surface area contributed by atoms with Gasteiger partial charge in [0.25, 0.3) is 0 Å². The van der Waals surface area contributed by atoms with E-state index in [1.165, 1.54) is 31.2 Å². The van der Waals surface area contributed by atoms with Gasteiger partial charge in [0.2, 0.25) is 0 Å². The molecule has 0 aliphatic heterocycles. The molecule has 0 spiro atoms. The molecule has 1 fully saturated rings. The first kappa shape index (κ1) is 15.2. The van der Waals surface area contributed by atoms with Crippen molar-refractivity contribution >= 4 is 23.2 Å². The van der Waals surface area contributed by atoms with Crippen molar-refractivity contribution in [2.75, 3.05) is 13.1 Å².